The minimum Gasteiger partial charge on any atom is -0.486 e. The molecule has 1 amide bonds. The van der Waals surface area contributed by atoms with E-state index in [1.54, 1.807) is 24.4 Å². The number of aromatic nitrogens is 3. The number of carbonyl (C=O) groups excluding carboxylic acids is 1. The lowest BCUT2D eigenvalue weighted by atomic mass is 10.1. The van der Waals surface area contributed by atoms with E-state index >= 15 is 0 Å². The van der Waals surface area contributed by atoms with E-state index in [1.165, 1.54) is 18.5 Å². The van der Waals surface area contributed by atoms with Crippen molar-refractivity contribution in [3.63, 3.8) is 0 Å². The summed E-state index contributed by atoms with van der Waals surface area (Å²) in [6, 6.07) is 13.0. The summed E-state index contributed by atoms with van der Waals surface area (Å²) in [6.07, 6.45) is -0.173. The number of carbonyl (C=O) groups is 1. The van der Waals surface area contributed by atoms with E-state index in [2.05, 4.69) is 30.9 Å². The molecule has 4 aromatic rings. The highest BCUT2D eigenvalue weighted by Crippen LogP contribution is 2.36. The Balaban J connectivity index is 1.40. The second kappa shape index (κ2) is 11.9. The van der Waals surface area contributed by atoms with Crippen LogP contribution in [0.25, 0.3) is 10.9 Å². The van der Waals surface area contributed by atoms with Gasteiger partial charge in [-0.25, -0.2) is 9.97 Å². The average molecular weight is 573 g/mol. The summed E-state index contributed by atoms with van der Waals surface area (Å²) >= 11 is 6.44. The van der Waals surface area contributed by atoms with Crippen LogP contribution >= 0.6 is 11.6 Å². The summed E-state index contributed by atoms with van der Waals surface area (Å²) in [5.74, 6) is 0.286. The molecule has 9 nitrogen and oxygen atoms in total. The maximum absolute atomic E-state index is 12.9. The number of alkyl halides is 3. The van der Waals surface area contributed by atoms with Crippen LogP contribution in [0.1, 0.15) is 18.5 Å². The first kappa shape index (κ1) is 27.4. The van der Waals surface area contributed by atoms with Crippen molar-refractivity contribution in [2.45, 2.75) is 31.7 Å². The molecule has 1 aliphatic heterocycles. The summed E-state index contributed by atoms with van der Waals surface area (Å²) < 4.78 is 49.6. The van der Waals surface area contributed by atoms with E-state index in [-0.39, 0.29) is 24.0 Å². The summed E-state index contributed by atoms with van der Waals surface area (Å²) in [7, 11) is 0. The van der Waals surface area contributed by atoms with Gasteiger partial charge in [-0.05, 0) is 55.8 Å². The summed E-state index contributed by atoms with van der Waals surface area (Å²) in [4.78, 5) is 25.5. The zero-order valence-corrected chi connectivity index (χ0v) is 21.7. The van der Waals surface area contributed by atoms with Crippen molar-refractivity contribution in [2.75, 3.05) is 23.8 Å². The number of nitrogens with zero attached hydrogens (tertiary/aromatic N) is 3. The first-order valence-corrected chi connectivity index (χ1v) is 12.7. The first-order chi connectivity index (χ1) is 19.2. The third-order valence-corrected chi connectivity index (χ3v) is 6.35. The van der Waals surface area contributed by atoms with Crippen LogP contribution in [0.3, 0.4) is 0 Å². The van der Waals surface area contributed by atoms with Gasteiger partial charge in [0.1, 0.15) is 30.3 Å². The quantitative estimate of drug-likeness (QED) is 0.237. The van der Waals surface area contributed by atoms with Crippen LogP contribution in [-0.2, 0) is 11.4 Å². The Morgan fingerprint density at radius 2 is 1.95 bits per heavy atom. The van der Waals surface area contributed by atoms with Crippen molar-refractivity contribution in [2.24, 2.45) is 0 Å². The lowest BCUT2D eigenvalue weighted by Gasteiger charge is -2.18. The molecule has 2 aromatic heterocycles. The van der Waals surface area contributed by atoms with Gasteiger partial charge in [0.2, 0.25) is 5.91 Å². The predicted octanol–water partition coefficient (Wildman–Crippen LogP) is 5.63. The zero-order valence-electron chi connectivity index (χ0n) is 21.0. The highest BCUT2D eigenvalue weighted by atomic mass is 35.5. The van der Waals surface area contributed by atoms with Crippen molar-refractivity contribution in [3.8, 4) is 11.5 Å². The van der Waals surface area contributed by atoms with Gasteiger partial charge in [0.25, 0.3) is 0 Å². The molecule has 0 saturated carbocycles. The van der Waals surface area contributed by atoms with E-state index in [0.29, 0.717) is 46.1 Å². The van der Waals surface area contributed by atoms with Gasteiger partial charge >= 0.3 is 6.18 Å². The van der Waals surface area contributed by atoms with Crippen molar-refractivity contribution in [1.82, 2.24) is 20.3 Å². The Labute approximate surface area is 232 Å². The molecule has 0 aliphatic carbocycles. The fraction of sp³-hybridized carbons (Fsp3) is 0.259. The van der Waals surface area contributed by atoms with Crippen LogP contribution in [-0.4, -0.2) is 46.2 Å². The molecule has 0 radical (unpaired) electrons. The first-order valence-electron chi connectivity index (χ1n) is 12.4. The second-order valence-electron chi connectivity index (χ2n) is 9.01. The monoisotopic (exact) mass is 572 g/mol. The molecule has 0 bridgehead atoms. The number of pyridine rings is 1. The van der Waals surface area contributed by atoms with Gasteiger partial charge in [-0.2, -0.15) is 13.2 Å². The highest BCUT2D eigenvalue weighted by Gasteiger charge is 2.30. The predicted molar refractivity (Wildman–Crippen MR) is 144 cm³/mol. The van der Waals surface area contributed by atoms with Gasteiger partial charge in [-0.3, -0.25) is 9.78 Å². The number of hydrogen-bond acceptors (Lipinski definition) is 8. The molecule has 0 spiro atoms. The SMILES string of the molecule is O=C(Nc1cc2c(Nc3ccc(OCc4ccccn4)c(Cl)c3)ncnc2cc1OCC(F)(F)F)[C@@H]1CCCN1. The van der Waals surface area contributed by atoms with Crippen LogP contribution in [0.15, 0.2) is 61.1 Å². The second-order valence-corrected chi connectivity index (χ2v) is 9.42. The largest absolute Gasteiger partial charge is 0.486 e. The molecule has 3 N–H and O–H groups in total. The van der Waals surface area contributed by atoms with Crippen molar-refractivity contribution >= 4 is 45.6 Å². The average Bonchev–Trinajstić information content (AvgIpc) is 3.47. The van der Waals surface area contributed by atoms with Gasteiger partial charge in [0.05, 0.1) is 28.0 Å². The number of amides is 1. The Bertz CT molecular complexity index is 1500. The lowest BCUT2D eigenvalue weighted by molar-refractivity contribution is -0.153. The topological polar surface area (TPSA) is 110 Å². The van der Waals surface area contributed by atoms with E-state index in [4.69, 9.17) is 21.1 Å². The summed E-state index contributed by atoms with van der Waals surface area (Å²) in [5.41, 5.74) is 1.71. The standard InChI is InChI=1S/C27H24ClF3N6O3/c28-19-10-16(6-7-23(19)39-13-17-4-1-2-8-32-17)36-25-18-11-22(37-26(38)20-5-3-9-33-20)24(40-14-27(29,30)31)12-21(18)34-15-35-25/h1-2,4,6-8,10-12,15,20,33H,3,5,9,13-14H2,(H,37,38)(H,34,35,36)/t20-/m0/s1. The van der Waals surface area contributed by atoms with Gasteiger partial charge in [-0.15, -0.1) is 0 Å². The molecular formula is C27H24ClF3N6O3. The Morgan fingerprint density at radius 1 is 1.07 bits per heavy atom. The van der Waals surface area contributed by atoms with E-state index in [1.807, 2.05) is 18.2 Å². The minimum atomic E-state index is -4.56. The van der Waals surface area contributed by atoms with Gasteiger partial charge in [0.15, 0.2) is 6.61 Å². The Hall–Kier alpha value is -4.16. The molecule has 13 heteroatoms. The van der Waals surface area contributed by atoms with Crippen LogP contribution in [0.2, 0.25) is 5.02 Å². The van der Waals surface area contributed by atoms with E-state index in [9.17, 15) is 18.0 Å². The molecule has 208 valence electrons. The van der Waals surface area contributed by atoms with E-state index < -0.39 is 18.8 Å². The molecule has 5 rings (SSSR count). The highest BCUT2D eigenvalue weighted by molar-refractivity contribution is 6.32. The molecule has 2 aromatic carbocycles. The van der Waals surface area contributed by atoms with Gasteiger partial charge < -0.3 is 25.4 Å². The normalized spacial score (nSPS) is 15.2. The summed E-state index contributed by atoms with van der Waals surface area (Å²) in [5, 5.41) is 9.71. The van der Waals surface area contributed by atoms with Gasteiger partial charge in [0, 0.05) is 23.3 Å². The number of rotatable bonds is 9. The smallest absolute Gasteiger partial charge is 0.422 e. The fourth-order valence-corrected chi connectivity index (χ4v) is 4.39. The molecule has 1 fully saturated rings. The van der Waals surface area contributed by atoms with Gasteiger partial charge in [-0.1, -0.05) is 17.7 Å². The third-order valence-electron chi connectivity index (χ3n) is 6.06. The summed E-state index contributed by atoms with van der Waals surface area (Å²) in [6.45, 7) is -0.593. The van der Waals surface area contributed by atoms with Crippen LogP contribution in [0.4, 0.5) is 30.4 Å². The number of halogens is 4. The van der Waals surface area contributed by atoms with E-state index in [0.717, 1.165) is 12.1 Å². The van der Waals surface area contributed by atoms with Crippen molar-refractivity contribution < 1.29 is 27.4 Å². The molecular weight excluding hydrogens is 549 g/mol. The Morgan fingerprint density at radius 3 is 2.67 bits per heavy atom. The number of ether oxygens (including phenoxy) is 2. The molecule has 1 saturated heterocycles. The van der Waals surface area contributed by atoms with Crippen molar-refractivity contribution in [1.29, 1.82) is 0 Å². The third kappa shape index (κ3) is 6.88. The van der Waals surface area contributed by atoms with Crippen LogP contribution in [0, 0.1) is 0 Å². The number of benzene rings is 2. The number of fused-ring (bicyclic) bond motifs is 1. The molecule has 3 heterocycles. The minimum absolute atomic E-state index is 0.0737. The maximum atomic E-state index is 12.9. The molecule has 1 aliphatic rings. The number of nitrogens with one attached hydrogen (secondary N) is 3. The molecule has 0 unspecified atom stereocenters. The fourth-order valence-electron chi connectivity index (χ4n) is 4.16. The molecule has 40 heavy (non-hydrogen) atoms. The van der Waals surface area contributed by atoms with Crippen LogP contribution < -0.4 is 25.4 Å². The number of anilines is 3. The zero-order chi connectivity index (χ0) is 28.1. The Kier molecular flexibility index (Phi) is 8.17. The van der Waals surface area contributed by atoms with Crippen LogP contribution in [0.5, 0.6) is 11.5 Å². The molecule has 1 atom stereocenters. The van der Waals surface area contributed by atoms with Crippen molar-refractivity contribution in [3.05, 3.63) is 71.8 Å². The lowest BCUT2D eigenvalue weighted by Crippen LogP contribution is -2.35. The maximum Gasteiger partial charge on any atom is 0.422 e. The number of hydrogen-bond donors (Lipinski definition) is 3.